The van der Waals surface area contributed by atoms with E-state index in [1.165, 1.54) is 0 Å². The molecule has 0 atom stereocenters. The highest BCUT2D eigenvalue weighted by atomic mass is 16.5. The number of ether oxygens (including phenoxy) is 1. The van der Waals surface area contributed by atoms with Crippen molar-refractivity contribution >= 4 is 16.9 Å². The van der Waals surface area contributed by atoms with Crippen LogP contribution in [0.1, 0.15) is 16.1 Å². The Labute approximate surface area is 86.6 Å². The lowest BCUT2D eigenvalue weighted by Crippen LogP contribution is -2.10. The maximum Gasteiger partial charge on any atom is 0.284 e. The number of carbonyl (C=O) groups is 1. The average molecular weight is 205 g/mol. The maximum atomic E-state index is 11.0. The fraction of sp³-hybridized carbons (Fsp3) is 0.182. The molecule has 0 fully saturated rings. The molecule has 0 aliphatic heterocycles. The number of furan rings is 1. The summed E-state index contributed by atoms with van der Waals surface area (Å²) in [4.78, 5) is 11.0. The summed E-state index contributed by atoms with van der Waals surface area (Å²) in [6.45, 7) is 1.80. The van der Waals surface area contributed by atoms with E-state index in [4.69, 9.17) is 14.9 Å². The van der Waals surface area contributed by atoms with Gasteiger partial charge in [0.05, 0.1) is 7.11 Å². The molecule has 0 saturated carbocycles. The summed E-state index contributed by atoms with van der Waals surface area (Å²) in [7, 11) is 1.58. The lowest BCUT2D eigenvalue weighted by molar-refractivity contribution is 0.0975. The van der Waals surface area contributed by atoms with Crippen molar-refractivity contribution in [1.82, 2.24) is 0 Å². The number of hydrogen-bond acceptors (Lipinski definition) is 3. The van der Waals surface area contributed by atoms with Crippen molar-refractivity contribution in [3.63, 3.8) is 0 Å². The van der Waals surface area contributed by atoms with Gasteiger partial charge in [-0.2, -0.15) is 0 Å². The number of fused-ring (bicyclic) bond motifs is 1. The van der Waals surface area contributed by atoms with Crippen LogP contribution < -0.4 is 10.5 Å². The SMILES string of the molecule is COc1ccc2c(C)c(C(N)=O)oc2c1. The molecule has 0 bridgehead atoms. The molecule has 2 aromatic rings. The van der Waals surface area contributed by atoms with E-state index < -0.39 is 5.91 Å². The van der Waals surface area contributed by atoms with Crippen LogP contribution in [0.3, 0.4) is 0 Å². The molecule has 2 rings (SSSR count). The fourth-order valence-corrected chi connectivity index (χ4v) is 1.57. The van der Waals surface area contributed by atoms with Gasteiger partial charge >= 0.3 is 0 Å². The van der Waals surface area contributed by atoms with Crippen LogP contribution in [0, 0.1) is 6.92 Å². The van der Waals surface area contributed by atoms with Crippen LogP contribution in [-0.4, -0.2) is 13.0 Å². The predicted octanol–water partition coefficient (Wildman–Crippen LogP) is 1.85. The summed E-state index contributed by atoms with van der Waals surface area (Å²) in [6.07, 6.45) is 0. The van der Waals surface area contributed by atoms with Crippen molar-refractivity contribution < 1.29 is 13.9 Å². The zero-order valence-corrected chi connectivity index (χ0v) is 8.53. The molecule has 1 aromatic carbocycles. The van der Waals surface area contributed by atoms with E-state index in [1.807, 2.05) is 12.1 Å². The highest BCUT2D eigenvalue weighted by Crippen LogP contribution is 2.28. The van der Waals surface area contributed by atoms with Gasteiger partial charge in [0, 0.05) is 17.0 Å². The Morgan fingerprint density at radius 2 is 2.20 bits per heavy atom. The summed E-state index contributed by atoms with van der Waals surface area (Å²) >= 11 is 0. The van der Waals surface area contributed by atoms with Crippen LogP contribution in [0.2, 0.25) is 0 Å². The van der Waals surface area contributed by atoms with Crippen molar-refractivity contribution in [2.75, 3.05) is 7.11 Å². The number of nitrogens with two attached hydrogens (primary N) is 1. The van der Waals surface area contributed by atoms with Crippen LogP contribution in [-0.2, 0) is 0 Å². The molecule has 0 saturated heterocycles. The van der Waals surface area contributed by atoms with Crippen molar-refractivity contribution in [2.24, 2.45) is 5.73 Å². The van der Waals surface area contributed by atoms with Crippen LogP contribution in [0.25, 0.3) is 11.0 Å². The zero-order valence-electron chi connectivity index (χ0n) is 8.53. The molecule has 4 nitrogen and oxygen atoms in total. The summed E-state index contributed by atoms with van der Waals surface area (Å²) in [6, 6.07) is 5.39. The minimum atomic E-state index is -0.553. The number of carbonyl (C=O) groups excluding carboxylic acids is 1. The van der Waals surface area contributed by atoms with E-state index in [-0.39, 0.29) is 5.76 Å². The minimum Gasteiger partial charge on any atom is -0.497 e. The molecule has 1 heterocycles. The minimum absolute atomic E-state index is 0.207. The van der Waals surface area contributed by atoms with Crippen LogP contribution in [0.4, 0.5) is 0 Å². The summed E-state index contributed by atoms with van der Waals surface area (Å²) in [5, 5.41) is 0.879. The Hall–Kier alpha value is -1.97. The summed E-state index contributed by atoms with van der Waals surface area (Å²) < 4.78 is 10.4. The van der Waals surface area contributed by atoms with Crippen LogP contribution in [0.5, 0.6) is 5.75 Å². The Bertz CT molecular complexity index is 528. The van der Waals surface area contributed by atoms with Crippen LogP contribution >= 0.6 is 0 Å². The monoisotopic (exact) mass is 205 g/mol. The molecular formula is C11H11NO3. The highest BCUT2D eigenvalue weighted by Gasteiger charge is 2.14. The third-order valence-corrected chi connectivity index (χ3v) is 2.37. The number of primary amides is 1. The predicted molar refractivity (Wildman–Crippen MR) is 56.0 cm³/mol. The van der Waals surface area contributed by atoms with Gasteiger partial charge in [-0.05, 0) is 19.1 Å². The number of benzene rings is 1. The van der Waals surface area contributed by atoms with E-state index in [2.05, 4.69) is 0 Å². The van der Waals surface area contributed by atoms with Gasteiger partial charge in [0.2, 0.25) is 0 Å². The lowest BCUT2D eigenvalue weighted by atomic mass is 10.1. The third kappa shape index (κ3) is 1.44. The smallest absolute Gasteiger partial charge is 0.284 e. The first-order chi connectivity index (χ1) is 7.13. The molecule has 4 heteroatoms. The summed E-state index contributed by atoms with van der Waals surface area (Å²) in [5.41, 5.74) is 6.56. The Morgan fingerprint density at radius 3 is 2.80 bits per heavy atom. The second kappa shape index (κ2) is 3.31. The number of methoxy groups -OCH3 is 1. The third-order valence-electron chi connectivity index (χ3n) is 2.37. The number of aryl methyl sites for hydroxylation is 1. The van der Waals surface area contributed by atoms with Gasteiger partial charge in [0.15, 0.2) is 5.76 Å². The standard InChI is InChI=1S/C11H11NO3/c1-6-8-4-3-7(14-2)5-9(8)15-10(6)11(12)13/h3-5H,1-2H3,(H2,12,13). The molecule has 0 unspecified atom stereocenters. The quantitative estimate of drug-likeness (QED) is 0.813. The van der Waals surface area contributed by atoms with Gasteiger partial charge in [-0.25, -0.2) is 0 Å². The molecule has 78 valence electrons. The molecule has 2 N–H and O–H groups in total. The normalized spacial score (nSPS) is 10.5. The van der Waals surface area contributed by atoms with Gasteiger partial charge in [-0.3, -0.25) is 4.79 Å². The Balaban J connectivity index is 2.70. The van der Waals surface area contributed by atoms with Crippen molar-refractivity contribution in [3.8, 4) is 5.75 Å². The van der Waals surface area contributed by atoms with Gasteiger partial charge in [0.25, 0.3) is 5.91 Å². The Kier molecular flexibility index (Phi) is 2.11. The van der Waals surface area contributed by atoms with Crippen molar-refractivity contribution in [1.29, 1.82) is 0 Å². The van der Waals surface area contributed by atoms with E-state index in [9.17, 15) is 4.79 Å². The zero-order chi connectivity index (χ0) is 11.0. The molecule has 0 aliphatic carbocycles. The second-order valence-electron chi connectivity index (χ2n) is 3.28. The summed E-state index contributed by atoms with van der Waals surface area (Å²) in [5.74, 6) is 0.341. The maximum absolute atomic E-state index is 11.0. The van der Waals surface area contributed by atoms with Gasteiger partial charge in [0.1, 0.15) is 11.3 Å². The van der Waals surface area contributed by atoms with Crippen molar-refractivity contribution in [2.45, 2.75) is 6.92 Å². The fourth-order valence-electron chi connectivity index (χ4n) is 1.57. The Morgan fingerprint density at radius 1 is 1.47 bits per heavy atom. The topological polar surface area (TPSA) is 65.5 Å². The largest absolute Gasteiger partial charge is 0.497 e. The first-order valence-corrected chi connectivity index (χ1v) is 4.50. The van der Waals surface area contributed by atoms with Crippen molar-refractivity contribution in [3.05, 3.63) is 29.5 Å². The number of amides is 1. The number of hydrogen-bond donors (Lipinski definition) is 1. The molecular weight excluding hydrogens is 194 g/mol. The molecule has 1 aromatic heterocycles. The van der Waals surface area contributed by atoms with Gasteiger partial charge in [-0.15, -0.1) is 0 Å². The molecule has 0 aliphatic rings. The first-order valence-electron chi connectivity index (χ1n) is 4.50. The molecule has 15 heavy (non-hydrogen) atoms. The average Bonchev–Trinajstić information content (AvgIpc) is 2.55. The van der Waals surface area contributed by atoms with E-state index >= 15 is 0 Å². The lowest BCUT2D eigenvalue weighted by Gasteiger charge is -1.97. The van der Waals surface area contributed by atoms with E-state index in [0.717, 1.165) is 10.9 Å². The van der Waals surface area contributed by atoms with E-state index in [1.54, 1.807) is 20.1 Å². The first kappa shape index (κ1) is 9.58. The molecule has 0 radical (unpaired) electrons. The van der Waals surface area contributed by atoms with Gasteiger partial charge < -0.3 is 14.9 Å². The molecule has 0 spiro atoms. The second-order valence-corrected chi connectivity index (χ2v) is 3.28. The van der Waals surface area contributed by atoms with Gasteiger partial charge in [-0.1, -0.05) is 0 Å². The molecule has 1 amide bonds. The number of rotatable bonds is 2. The van der Waals surface area contributed by atoms with Crippen LogP contribution in [0.15, 0.2) is 22.6 Å². The van der Waals surface area contributed by atoms with E-state index in [0.29, 0.717) is 11.3 Å². The highest BCUT2D eigenvalue weighted by molar-refractivity contribution is 5.98.